The number of rotatable bonds is 3. The number of aromatic nitrogens is 5. The maximum Gasteiger partial charge on any atom is 0.248 e. The molecule has 1 unspecified atom stereocenters. The van der Waals surface area contributed by atoms with Gasteiger partial charge in [-0.05, 0) is 31.2 Å². The Hall–Kier alpha value is -2.18. The number of carbonyl (C=O) groups excluding carboxylic acids is 1. The van der Waals surface area contributed by atoms with E-state index in [0.717, 1.165) is 37.2 Å². The lowest BCUT2D eigenvalue weighted by molar-refractivity contribution is -0.120. The van der Waals surface area contributed by atoms with Crippen LogP contribution in [0.5, 0.6) is 0 Å². The molecule has 110 valence electrons. The molecule has 2 aromatic rings. The van der Waals surface area contributed by atoms with Gasteiger partial charge in [0.25, 0.3) is 0 Å². The summed E-state index contributed by atoms with van der Waals surface area (Å²) in [6, 6.07) is 0. The van der Waals surface area contributed by atoms with Crippen LogP contribution in [0.15, 0.2) is 6.20 Å². The minimum absolute atomic E-state index is 0.00518. The molecular formula is C14H18N6O. The number of carbonyl (C=O) groups is 1. The van der Waals surface area contributed by atoms with Crippen LogP contribution in [0.3, 0.4) is 0 Å². The molecule has 7 heteroatoms. The number of anilines is 1. The van der Waals surface area contributed by atoms with Crippen LogP contribution in [0.4, 0.5) is 5.95 Å². The van der Waals surface area contributed by atoms with Gasteiger partial charge < -0.3 is 0 Å². The summed E-state index contributed by atoms with van der Waals surface area (Å²) in [5.41, 5.74) is 2.30. The number of nitrogens with one attached hydrogen (secondary N) is 3. The quantitative estimate of drug-likeness (QED) is 0.796. The average Bonchev–Trinajstić information content (AvgIpc) is 3.05. The van der Waals surface area contributed by atoms with E-state index in [-0.39, 0.29) is 11.8 Å². The van der Waals surface area contributed by atoms with Crippen molar-refractivity contribution in [1.82, 2.24) is 25.4 Å². The molecule has 1 saturated carbocycles. The Morgan fingerprint density at radius 2 is 2.19 bits per heavy atom. The fourth-order valence-corrected chi connectivity index (χ4v) is 3.04. The third kappa shape index (κ3) is 2.32. The zero-order valence-electron chi connectivity index (χ0n) is 11.7. The van der Waals surface area contributed by atoms with Crippen molar-refractivity contribution in [1.29, 1.82) is 0 Å². The van der Waals surface area contributed by atoms with Gasteiger partial charge >= 0.3 is 0 Å². The fraction of sp³-hybridized carbons (Fsp3) is 0.571. The normalized spacial score (nSPS) is 21.6. The third-order valence-corrected chi connectivity index (χ3v) is 4.62. The number of hydrogen-bond donors (Lipinski definition) is 3. The molecule has 2 aliphatic carbocycles. The molecule has 2 heterocycles. The monoisotopic (exact) mass is 286 g/mol. The molecule has 4 rings (SSSR count). The first-order valence-electron chi connectivity index (χ1n) is 7.54. The van der Waals surface area contributed by atoms with Gasteiger partial charge in [-0.2, -0.15) is 10.1 Å². The van der Waals surface area contributed by atoms with Gasteiger partial charge in [0, 0.05) is 24.0 Å². The van der Waals surface area contributed by atoms with Crippen LogP contribution in [-0.2, 0) is 17.6 Å². The molecule has 0 spiro atoms. The first-order chi connectivity index (χ1) is 10.3. The second-order valence-corrected chi connectivity index (χ2v) is 5.97. The van der Waals surface area contributed by atoms with Crippen LogP contribution < -0.4 is 5.32 Å². The lowest BCUT2D eigenvalue weighted by atomic mass is 9.85. The van der Waals surface area contributed by atoms with Crippen molar-refractivity contribution in [2.75, 3.05) is 5.32 Å². The SMILES string of the molecule is O=C(Nc1n[nH]c(C2CCC2)n1)C1CCc2cn[nH]c2C1. The molecule has 1 fully saturated rings. The maximum atomic E-state index is 12.3. The number of aryl methyl sites for hydroxylation is 1. The molecule has 0 aromatic carbocycles. The van der Waals surface area contributed by atoms with E-state index < -0.39 is 0 Å². The van der Waals surface area contributed by atoms with Crippen LogP contribution in [0.2, 0.25) is 0 Å². The number of H-pyrrole nitrogens is 2. The summed E-state index contributed by atoms with van der Waals surface area (Å²) in [4.78, 5) is 16.7. The smallest absolute Gasteiger partial charge is 0.248 e. The van der Waals surface area contributed by atoms with Crippen molar-refractivity contribution in [3.8, 4) is 0 Å². The van der Waals surface area contributed by atoms with E-state index in [4.69, 9.17) is 0 Å². The highest BCUT2D eigenvalue weighted by Crippen LogP contribution is 2.34. The molecule has 2 aliphatic rings. The lowest BCUT2D eigenvalue weighted by Gasteiger charge is -2.22. The number of fused-ring (bicyclic) bond motifs is 1. The van der Waals surface area contributed by atoms with Gasteiger partial charge in [0.05, 0.1) is 6.20 Å². The Morgan fingerprint density at radius 3 is 3.00 bits per heavy atom. The van der Waals surface area contributed by atoms with E-state index in [2.05, 4.69) is 30.7 Å². The van der Waals surface area contributed by atoms with Crippen molar-refractivity contribution in [3.63, 3.8) is 0 Å². The molecule has 0 radical (unpaired) electrons. The van der Waals surface area contributed by atoms with Crippen LogP contribution in [0.25, 0.3) is 0 Å². The highest BCUT2D eigenvalue weighted by molar-refractivity contribution is 5.91. The van der Waals surface area contributed by atoms with Crippen molar-refractivity contribution in [3.05, 3.63) is 23.3 Å². The van der Waals surface area contributed by atoms with Gasteiger partial charge in [-0.3, -0.25) is 20.3 Å². The topological polar surface area (TPSA) is 99.3 Å². The van der Waals surface area contributed by atoms with Gasteiger partial charge in [-0.15, -0.1) is 5.10 Å². The summed E-state index contributed by atoms with van der Waals surface area (Å²) in [6.45, 7) is 0. The third-order valence-electron chi connectivity index (χ3n) is 4.62. The van der Waals surface area contributed by atoms with Crippen molar-refractivity contribution >= 4 is 11.9 Å². The second kappa shape index (κ2) is 4.98. The second-order valence-electron chi connectivity index (χ2n) is 5.97. The summed E-state index contributed by atoms with van der Waals surface area (Å²) in [5, 5.41) is 16.9. The molecule has 1 atom stereocenters. The lowest BCUT2D eigenvalue weighted by Crippen LogP contribution is -2.28. The summed E-state index contributed by atoms with van der Waals surface area (Å²) in [6.07, 6.45) is 7.87. The van der Waals surface area contributed by atoms with Crippen molar-refractivity contribution in [2.24, 2.45) is 5.92 Å². The molecule has 7 nitrogen and oxygen atoms in total. The summed E-state index contributed by atoms with van der Waals surface area (Å²) in [5.74, 6) is 1.75. The maximum absolute atomic E-state index is 12.3. The number of aromatic amines is 2. The number of hydrogen-bond acceptors (Lipinski definition) is 4. The Kier molecular flexibility index (Phi) is 2.98. The molecule has 1 amide bonds. The fourth-order valence-electron chi connectivity index (χ4n) is 3.04. The van der Waals surface area contributed by atoms with Crippen LogP contribution >= 0.6 is 0 Å². The van der Waals surface area contributed by atoms with Gasteiger partial charge in [0.1, 0.15) is 5.82 Å². The van der Waals surface area contributed by atoms with E-state index in [1.54, 1.807) is 0 Å². The van der Waals surface area contributed by atoms with Gasteiger partial charge in [0.2, 0.25) is 11.9 Å². The van der Waals surface area contributed by atoms with E-state index in [1.807, 2.05) is 6.20 Å². The Bertz CT molecular complexity index is 656. The Morgan fingerprint density at radius 1 is 1.29 bits per heavy atom. The predicted molar refractivity (Wildman–Crippen MR) is 75.7 cm³/mol. The molecule has 21 heavy (non-hydrogen) atoms. The summed E-state index contributed by atoms with van der Waals surface area (Å²) < 4.78 is 0. The number of amides is 1. The molecule has 0 aliphatic heterocycles. The van der Waals surface area contributed by atoms with Crippen LogP contribution in [0, 0.1) is 5.92 Å². The summed E-state index contributed by atoms with van der Waals surface area (Å²) >= 11 is 0. The van der Waals surface area contributed by atoms with Gasteiger partial charge in [0.15, 0.2) is 0 Å². The molecule has 0 saturated heterocycles. The number of nitrogens with zero attached hydrogens (tertiary/aromatic N) is 3. The largest absolute Gasteiger partial charge is 0.293 e. The molecule has 3 N–H and O–H groups in total. The van der Waals surface area contributed by atoms with E-state index in [9.17, 15) is 4.79 Å². The molecule has 0 bridgehead atoms. The van der Waals surface area contributed by atoms with Crippen molar-refractivity contribution < 1.29 is 4.79 Å². The first kappa shape index (κ1) is 12.6. The molecule has 2 aromatic heterocycles. The van der Waals surface area contributed by atoms with E-state index >= 15 is 0 Å². The Balaban J connectivity index is 1.40. The zero-order chi connectivity index (χ0) is 14.2. The van der Waals surface area contributed by atoms with Crippen molar-refractivity contribution in [2.45, 2.75) is 44.4 Å². The first-order valence-corrected chi connectivity index (χ1v) is 7.54. The minimum Gasteiger partial charge on any atom is -0.293 e. The van der Waals surface area contributed by atoms with Gasteiger partial charge in [-0.1, -0.05) is 6.42 Å². The van der Waals surface area contributed by atoms with Crippen LogP contribution in [-0.4, -0.2) is 31.3 Å². The van der Waals surface area contributed by atoms with Crippen LogP contribution in [0.1, 0.15) is 48.7 Å². The predicted octanol–water partition coefficient (Wildman–Crippen LogP) is 1.54. The minimum atomic E-state index is -0.0383. The average molecular weight is 286 g/mol. The van der Waals surface area contributed by atoms with E-state index in [1.165, 1.54) is 12.0 Å². The zero-order valence-corrected chi connectivity index (χ0v) is 11.7. The highest BCUT2D eigenvalue weighted by atomic mass is 16.2. The Labute approximate surface area is 121 Å². The van der Waals surface area contributed by atoms with Gasteiger partial charge in [-0.25, -0.2) is 0 Å². The highest BCUT2D eigenvalue weighted by Gasteiger charge is 2.27. The summed E-state index contributed by atoms with van der Waals surface area (Å²) in [7, 11) is 0. The molecular weight excluding hydrogens is 268 g/mol. The standard InChI is InChI=1S/C14H18N6O/c21-13(9-4-5-10-7-15-18-11(10)6-9)17-14-16-12(19-20-14)8-2-1-3-8/h7-9H,1-6H2,(H,15,18)(H2,16,17,19,20,21). The van der Waals surface area contributed by atoms with E-state index in [0.29, 0.717) is 18.3 Å².